The zero-order valence-corrected chi connectivity index (χ0v) is 14.6. The Hall–Kier alpha value is -1.60. The van der Waals surface area contributed by atoms with Gasteiger partial charge >= 0.3 is 0 Å². The molecule has 0 radical (unpaired) electrons. The Bertz CT molecular complexity index is 483. The van der Waals surface area contributed by atoms with Crippen LogP contribution >= 0.6 is 0 Å². The highest BCUT2D eigenvalue weighted by Crippen LogP contribution is 2.25. The van der Waals surface area contributed by atoms with Crippen molar-refractivity contribution >= 4 is 5.96 Å². The average molecular weight is 322 g/mol. The van der Waals surface area contributed by atoms with Crippen LogP contribution in [0, 0.1) is 0 Å². The van der Waals surface area contributed by atoms with Crippen LogP contribution in [0.2, 0.25) is 0 Å². The summed E-state index contributed by atoms with van der Waals surface area (Å²) in [4.78, 5) is 7.13. The fourth-order valence-electron chi connectivity index (χ4n) is 2.50. The van der Waals surface area contributed by atoms with E-state index in [4.69, 9.17) is 4.74 Å². The summed E-state index contributed by atoms with van der Waals surface area (Å²) in [5.74, 6) is 0.858. The van der Waals surface area contributed by atoms with Crippen molar-refractivity contribution in [2.45, 2.75) is 32.4 Å². The predicted octanol–water partition coefficient (Wildman–Crippen LogP) is 0.586. The third-order valence-electron chi connectivity index (χ3n) is 4.00. The SMILES string of the molecule is CCNC(=NCc1ccnn1C)NCCN(CCOC)C1CC1. The van der Waals surface area contributed by atoms with Crippen LogP contribution in [0.25, 0.3) is 0 Å². The van der Waals surface area contributed by atoms with Crippen LogP contribution in [0.4, 0.5) is 0 Å². The first-order valence-electron chi connectivity index (χ1n) is 8.46. The Labute approximate surface area is 139 Å². The number of guanidine groups is 1. The monoisotopic (exact) mass is 322 g/mol. The second-order valence-corrected chi connectivity index (χ2v) is 5.83. The van der Waals surface area contributed by atoms with E-state index in [2.05, 4.69) is 32.5 Å². The third kappa shape index (κ3) is 6.19. The largest absolute Gasteiger partial charge is 0.383 e. The summed E-state index contributed by atoms with van der Waals surface area (Å²) in [5.41, 5.74) is 1.10. The summed E-state index contributed by atoms with van der Waals surface area (Å²) in [6, 6.07) is 2.74. The number of nitrogens with one attached hydrogen (secondary N) is 2. The maximum atomic E-state index is 5.20. The highest BCUT2D eigenvalue weighted by Gasteiger charge is 2.28. The lowest BCUT2D eigenvalue weighted by Gasteiger charge is -2.22. The Morgan fingerprint density at radius 1 is 1.43 bits per heavy atom. The molecule has 7 nitrogen and oxygen atoms in total. The first kappa shape index (κ1) is 17.7. The lowest BCUT2D eigenvalue weighted by molar-refractivity contribution is 0.144. The molecule has 7 heteroatoms. The number of methoxy groups -OCH3 is 1. The molecule has 0 bridgehead atoms. The van der Waals surface area contributed by atoms with Gasteiger partial charge in [0.25, 0.3) is 0 Å². The summed E-state index contributed by atoms with van der Waals surface area (Å²) >= 11 is 0. The lowest BCUT2D eigenvalue weighted by atomic mass is 10.4. The van der Waals surface area contributed by atoms with E-state index >= 15 is 0 Å². The molecule has 2 N–H and O–H groups in total. The molecule has 1 aromatic heterocycles. The fourth-order valence-corrected chi connectivity index (χ4v) is 2.50. The summed E-state index contributed by atoms with van der Waals surface area (Å²) in [6.45, 7) is 7.27. The average Bonchev–Trinajstić information content (AvgIpc) is 3.31. The Morgan fingerprint density at radius 2 is 2.26 bits per heavy atom. The maximum Gasteiger partial charge on any atom is 0.191 e. The molecule has 23 heavy (non-hydrogen) atoms. The van der Waals surface area contributed by atoms with Crippen molar-refractivity contribution in [3.05, 3.63) is 18.0 Å². The number of aliphatic imine (C=N–C) groups is 1. The molecule has 0 unspecified atom stereocenters. The Morgan fingerprint density at radius 3 is 2.87 bits per heavy atom. The molecule has 1 saturated carbocycles. The molecule has 0 atom stereocenters. The van der Waals surface area contributed by atoms with E-state index < -0.39 is 0 Å². The summed E-state index contributed by atoms with van der Waals surface area (Å²) in [7, 11) is 3.70. The van der Waals surface area contributed by atoms with Crippen LogP contribution in [0.3, 0.4) is 0 Å². The van der Waals surface area contributed by atoms with E-state index in [1.165, 1.54) is 12.8 Å². The second kappa shape index (κ2) is 9.52. The normalized spacial score (nSPS) is 15.2. The van der Waals surface area contributed by atoms with Gasteiger partial charge in [-0.15, -0.1) is 0 Å². The van der Waals surface area contributed by atoms with Crippen molar-refractivity contribution in [3.63, 3.8) is 0 Å². The van der Waals surface area contributed by atoms with Gasteiger partial charge in [0.15, 0.2) is 5.96 Å². The molecule has 0 spiro atoms. The van der Waals surface area contributed by atoms with Gasteiger partial charge in [0.1, 0.15) is 0 Å². The van der Waals surface area contributed by atoms with Crippen LogP contribution in [-0.2, 0) is 18.3 Å². The van der Waals surface area contributed by atoms with Crippen molar-refractivity contribution < 1.29 is 4.74 Å². The van der Waals surface area contributed by atoms with Gasteiger partial charge in [-0.05, 0) is 25.8 Å². The molecule has 1 aromatic rings. The molecular formula is C16H30N6O. The van der Waals surface area contributed by atoms with Gasteiger partial charge in [-0.25, -0.2) is 4.99 Å². The first-order chi connectivity index (χ1) is 11.2. The predicted molar refractivity (Wildman–Crippen MR) is 92.5 cm³/mol. The van der Waals surface area contributed by atoms with Gasteiger partial charge in [-0.3, -0.25) is 9.58 Å². The molecule has 1 fully saturated rings. The highest BCUT2D eigenvalue weighted by atomic mass is 16.5. The van der Waals surface area contributed by atoms with E-state index in [0.29, 0.717) is 6.54 Å². The molecule has 1 heterocycles. The van der Waals surface area contributed by atoms with Gasteiger partial charge in [0, 0.05) is 52.6 Å². The number of rotatable bonds is 10. The third-order valence-corrected chi connectivity index (χ3v) is 4.00. The zero-order chi connectivity index (χ0) is 16.5. The quantitative estimate of drug-likeness (QED) is 0.487. The van der Waals surface area contributed by atoms with E-state index in [1.54, 1.807) is 13.3 Å². The number of hydrogen-bond donors (Lipinski definition) is 2. The molecular weight excluding hydrogens is 292 g/mol. The van der Waals surface area contributed by atoms with Crippen molar-refractivity contribution in [2.24, 2.45) is 12.0 Å². The molecule has 0 aromatic carbocycles. The van der Waals surface area contributed by atoms with Crippen molar-refractivity contribution in [2.75, 3.05) is 39.9 Å². The molecule has 0 aliphatic heterocycles. The van der Waals surface area contributed by atoms with E-state index in [1.807, 2.05) is 17.8 Å². The van der Waals surface area contributed by atoms with Gasteiger partial charge in [-0.2, -0.15) is 5.10 Å². The zero-order valence-electron chi connectivity index (χ0n) is 14.6. The second-order valence-electron chi connectivity index (χ2n) is 5.83. The van der Waals surface area contributed by atoms with Crippen LogP contribution < -0.4 is 10.6 Å². The lowest BCUT2D eigenvalue weighted by Crippen LogP contribution is -2.42. The van der Waals surface area contributed by atoms with Crippen LogP contribution in [-0.4, -0.2) is 66.6 Å². The van der Waals surface area contributed by atoms with Crippen molar-refractivity contribution in [1.29, 1.82) is 0 Å². The van der Waals surface area contributed by atoms with Gasteiger partial charge < -0.3 is 15.4 Å². The molecule has 130 valence electrons. The minimum absolute atomic E-state index is 0.627. The Balaban J connectivity index is 1.78. The fraction of sp³-hybridized carbons (Fsp3) is 0.750. The van der Waals surface area contributed by atoms with Crippen LogP contribution in [0.15, 0.2) is 17.3 Å². The molecule has 2 rings (SSSR count). The van der Waals surface area contributed by atoms with Crippen LogP contribution in [0.5, 0.6) is 0 Å². The molecule has 1 aliphatic carbocycles. The molecule has 0 saturated heterocycles. The standard InChI is InChI=1S/C16H30N6O/c1-4-17-16(19-13-15-7-8-20-21(15)2)18-9-10-22(11-12-23-3)14-5-6-14/h7-8,14H,4-6,9-13H2,1-3H3,(H2,17,18,19). The minimum atomic E-state index is 0.627. The van der Waals surface area contributed by atoms with Crippen LogP contribution in [0.1, 0.15) is 25.5 Å². The van der Waals surface area contributed by atoms with Gasteiger partial charge in [0.05, 0.1) is 18.8 Å². The number of ether oxygens (including phenoxy) is 1. The molecule has 1 aliphatic rings. The molecule has 0 amide bonds. The summed E-state index contributed by atoms with van der Waals surface area (Å²) < 4.78 is 7.05. The maximum absolute atomic E-state index is 5.20. The Kier molecular flexibility index (Phi) is 7.35. The van der Waals surface area contributed by atoms with Gasteiger partial charge in [-0.1, -0.05) is 0 Å². The summed E-state index contributed by atoms with van der Waals surface area (Å²) in [5, 5.41) is 10.9. The van der Waals surface area contributed by atoms with E-state index in [9.17, 15) is 0 Å². The highest BCUT2D eigenvalue weighted by molar-refractivity contribution is 5.79. The summed E-state index contributed by atoms with van der Waals surface area (Å²) in [6.07, 6.45) is 4.44. The van der Waals surface area contributed by atoms with Gasteiger partial charge in [0.2, 0.25) is 0 Å². The first-order valence-corrected chi connectivity index (χ1v) is 8.46. The van der Waals surface area contributed by atoms with E-state index in [0.717, 1.165) is 50.5 Å². The van der Waals surface area contributed by atoms with E-state index in [-0.39, 0.29) is 0 Å². The number of hydrogen-bond acceptors (Lipinski definition) is 4. The van der Waals surface area contributed by atoms with Crippen molar-refractivity contribution in [3.8, 4) is 0 Å². The number of nitrogens with zero attached hydrogens (tertiary/aromatic N) is 4. The minimum Gasteiger partial charge on any atom is -0.383 e. The number of aromatic nitrogens is 2. The van der Waals surface area contributed by atoms with Crippen molar-refractivity contribution in [1.82, 2.24) is 25.3 Å². The number of aryl methyl sites for hydroxylation is 1. The smallest absolute Gasteiger partial charge is 0.191 e. The topological polar surface area (TPSA) is 66.7 Å².